The Morgan fingerprint density at radius 1 is 1.50 bits per heavy atom. The van der Waals surface area contributed by atoms with Crippen LogP contribution in [0.25, 0.3) is 0 Å². The van der Waals surface area contributed by atoms with E-state index in [1.54, 1.807) is 0 Å². The zero-order chi connectivity index (χ0) is 13.0. The summed E-state index contributed by atoms with van der Waals surface area (Å²) >= 11 is 9.47. The van der Waals surface area contributed by atoms with Crippen LogP contribution in [-0.4, -0.2) is 18.5 Å². The number of fused-ring (bicyclic) bond motifs is 1. The Labute approximate surface area is 122 Å². The summed E-state index contributed by atoms with van der Waals surface area (Å²) in [7, 11) is 0. The Hall–Kier alpha value is -0.250. The van der Waals surface area contributed by atoms with Gasteiger partial charge in [0.2, 0.25) is 0 Å². The quantitative estimate of drug-likeness (QED) is 0.630. The second-order valence-electron chi connectivity index (χ2n) is 4.75. The van der Waals surface area contributed by atoms with Gasteiger partial charge in [0, 0.05) is 28.4 Å². The van der Waals surface area contributed by atoms with Crippen LogP contribution < -0.4 is 10.1 Å². The molecule has 2 rings (SSSR count). The molecule has 0 amide bonds. The first kappa shape index (κ1) is 14.2. The molecule has 1 aliphatic rings. The van der Waals surface area contributed by atoms with E-state index in [-0.39, 0.29) is 5.38 Å². The maximum atomic E-state index is 5.92. The minimum absolute atomic E-state index is 0.269. The van der Waals surface area contributed by atoms with E-state index in [0.717, 1.165) is 49.2 Å². The normalized spacial score (nSPS) is 15.3. The molecule has 0 bridgehead atoms. The predicted molar refractivity (Wildman–Crippen MR) is 79.6 cm³/mol. The molecule has 1 unspecified atom stereocenters. The first-order valence-electron chi connectivity index (χ1n) is 6.45. The third kappa shape index (κ3) is 3.87. The number of hydrogen-bond donors (Lipinski definition) is 1. The molecule has 1 heterocycles. The highest BCUT2D eigenvalue weighted by atomic mass is 79.9. The summed E-state index contributed by atoms with van der Waals surface area (Å²) in [6.07, 6.45) is 3.19. The van der Waals surface area contributed by atoms with Crippen LogP contribution in [-0.2, 0) is 13.0 Å². The minimum atomic E-state index is 0.269. The molecule has 1 aromatic carbocycles. The van der Waals surface area contributed by atoms with Gasteiger partial charge in [0.25, 0.3) is 0 Å². The molecule has 2 nitrogen and oxygen atoms in total. The fourth-order valence-corrected chi connectivity index (χ4v) is 2.92. The first-order chi connectivity index (χ1) is 8.66. The Bertz CT molecular complexity index is 409. The van der Waals surface area contributed by atoms with Crippen molar-refractivity contribution >= 4 is 27.5 Å². The fraction of sp³-hybridized carbons (Fsp3) is 0.571. The highest BCUT2D eigenvalue weighted by Gasteiger charge is 2.16. The van der Waals surface area contributed by atoms with Crippen molar-refractivity contribution < 1.29 is 4.74 Å². The van der Waals surface area contributed by atoms with Gasteiger partial charge >= 0.3 is 0 Å². The van der Waals surface area contributed by atoms with Gasteiger partial charge in [-0.05, 0) is 44.0 Å². The van der Waals surface area contributed by atoms with Crippen molar-refractivity contribution in [2.75, 3.05) is 13.2 Å². The number of hydrogen-bond acceptors (Lipinski definition) is 2. The smallest absolute Gasteiger partial charge is 0.127 e. The second kappa shape index (κ2) is 6.78. The maximum absolute atomic E-state index is 5.92. The average molecular weight is 333 g/mol. The van der Waals surface area contributed by atoms with Crippen LogP contribution in [0.1, 0.15) is 30.9 Å². The number of alkyl halides is 1. The van der Waals surface area contributed by atoms with Gasteiger partial charge in [-0.2, -0.15) is 0 Å². The molecule has 0 fully saturated rings. The Balaban J connectivity index is 1.86. The van der Waals surface area contributed by atoms with E-state index in [0.29, 0.717) is 0 Å². The Morgan fingerprint density at radius 2 is 2.33 bits per heavy atom. The van der Waals surface area contributed by atoms with Crippen molar-refractivity contribution in [2.24, 2.45) is 0 Å². The molecule has 0 saturated carbocycles. The van der Waals surface area contributed by atoms with Gasteiger partial charge in [0.1, 0.15) is 5.75 Å². The van der Waals surface area contributed by atoms with Crippen molar-refractivity contribution in [1.29, 1.82) is 0 Å². The number of ether oxygens (including phenoxy) is 1. The summed E-state index contributed by atoms with van der Waals surface area (Å²) < 4.78 is 6.83. The van der Waals surface area contributed by atoms with Crippen LogP contribution in [0, 0.1) is 0 Å². The molecule has 1 aromatic rings. The van der Waals surface area contributed by atoms with E-state index in [1.807, 2.05) is 6.92 Å². The van der Waals surface area contributed by atoms with Crippen molar-refractivity contribution in [3.63, 3.8) is 0 Å². The lowest BCUT2D eigenvalue weighted by Crippen LogP contribution is -2.16. The van der Waals surface area contributed by atoms with Gasteiger partial charge in [0.15, 0.2) is 0 Å². The summed E-state index contributed by atoms with van der Waals surface area (Å²) in [6.45, 7) is 4.70. The standard InChI is InChI=1S/C14H19BrClNO/c1-10(16)3-2-5-17-9-12-8-13(15)7-11-4-6-18-14(11)12/h7-8,10,17H,2-6,9H2,1H3. The van der Waals surface area contributed by atoms with Crippen LogP contribution in [0.4, 0.5) is 0 Å². The zero-order valence-electron chi connectivity index (χ0n) is 10.6. The van der Waals surface area contributed by atoms with Gasteiger partial charge in [-0.1, -0.05) is 15.9 Å². The van der Waals surface area contributed by atoms with E-state index >= 15 is 0 Å². The van der Waals surface area contributed by atoms with Crippen LogP contribution in [0.3, 0.4) is 0 Å². The van der Waals surface area contributed by atoms with Gasteiger partial charge < -0.3 is 10.1 Å². The fourth-order valence-electron chi connectivity index (χ4n) is 2.21. The molecular formula is C14H19BrClNO. The van der Waals surface area contributed by atoms with Crippen LogP contribution >= 0.6 is 27.5 Å². The van der Waals surface area contributed by atoms with Crippen molar-refractivity contribution in [3.05, 3.63) is 27.7 Å². The van der Waals surface area contributed by atoms with E-state index in [9.17, 15) is 0 Å². The summed E-state index contributed by atoms with van der Waals surface area (Å²) in [5.74, 6) is 1.08. The van der Waals surface area contributed by atoms with Crippen molar-refractivity contribution in [3.8, 4) is 5.75 Å². The second-order valence-corrected chi connectivity index (χ2v) is 6.41. The molecule has 100 valence electrons. The minimum Gasteiger partial charge on any atom is -0.493 e. The number of nitrogens with one attached hydrogen (secondary N) is 1. The highest BCUT2D eigenvalue weighted by molar-refractivity contribution is 9.10. The highest BCUT2D eigenvalue weighted by Crippen LogP contribution is 2.32. The van der Waals surface area contributed by atoms with Crippen LogP contribution in [0.2, 0.25) is 0 Å². The van der Waals surface area contributed by atoms with E-state index < -0.39 is 0 Å². The lowest BCUT2D eigenvalue weighted by Gasteiger charge is -2.10. The van der Waals surface area contributed by atoms with Gasteiger partial charge in [-0.25, -0.2) is 0 Å². The number of halogens is 2. The lowest BCUT2D eigenvalue weighted by molar-refractivity contribution is 0.352. The van der Waals surface area contributed by atoms with E-state index in [2.05, 4.69) is 33.4 Å². The molecule has 0 spiro atoms. The maximum Gasteiger partial charge on any atom is 0.127 e. The average Bonchev–Trinajstić information content (AvgIpc) is 2.75. The SMILES string of the molecule is CC(Cl)CCCNCc1cc(Br)cc2c1OCC2. The monoisotopic (exact) mass is 331 g/mol. The number of rotatable bonds is 6. The molecule has 1 N–H and O–H groups in total. The predicted octanol–water partition coefficient (Wildman–Crippen LogP) is 3.88. The van der Waals surface area contributed by atoms with Crippen LogP contribution in [0.15, 0.2) is 16.6 Å². The molecule has 1 aliphatic heterocycles. The Morgan fingerprint density at radius 3 is 3.11 bits per heavy atom. The third-order valence-corrected chi connectivity index (χ3v) is 3.77. The molecule has 0 radical (unpaired) electrons. The van der Waals surface area contributed by atoms with E-state index in [4.69, 9.17) is 16.3 Å². The summed E-state index contributed by atoms with van der Waals surface area (Å²) in [6, 6.07) is 4.29. The molecule has 18 heavy (non-hydrogen) atoms. The largest absolute Gasteiger partial charge is 0.493 e. The third-order valence-electron chi connectivity index (χ3n) is 3.10. The molecule has 1 atom stereocenters. The molecule has 4 heteroatoms. The molecule has 0 saturated heterocycles. The van der Waals surface area contributed by atoms with Gasteiger partial charge in [-0.15, -0.1) is 11.6 Å². The summed E-state index contributed by atoms with van der Waals surface area (Å²) in [4.78, 5) is 0. The topological polar surface area (TPSA) is 21.3 Å². The van der Waals surface area contributed by atoms with Crippen molar-refractivity contribution in [2.45, 2.75) is 38.1 Å². The first-order valence-corrected chi connectivity index (χ1v) is 7.68. The molecule has 0 aromatic heterocycles. The van der Waals surface area contributed by atoms with Gasteiger partial charge in [0.05, 0.1) is 6.61 Å². The summed E-state index contributed by atoms with van der Waals surface area (Å²) in [5, 5.41) is 3.72. The molecular weight excluding hydrogens is 314 g/mol. The van der Waals surface area contributed by atoms with E-state index in [1.165, 1.54) is 11.1 Å². The molecule has 0 aliphatic carbocycles. The number of benzene rings is 1. The lowest BCUT2D eigenvalue weighted by atomic mass is 10.1. The Kier molecular flexibility index (Phi) is 5.34. The van der Waals surface area contributed by atoms with Gasteiger partial charge in [-0.3, -0.25) is 0 Å². The summed E-state index contributed by atoms with van der Waals surface area (Å²) in [5.41, 5.74) is 2.56. The van der Waals surface area contributed by atoms with Crippen LogP contribution in [0.5, 0.6) is 5.75 Å². The zero-order valence-corrected chi connectivity index (χ0v) is 13.0. The van der Waals surface area contributed by atoms with Crippen molar-refractivity contribution in [1.82, 2.24) is 5.32 Å².